The Morgan fingerprint density at radius 2 is 1.88 bits per heavy atom. The van der Waals surface area contributed by atoms with Gasteiger partial charge in [0.1, 0.15) is 0 Å². The molecule has 2 amide bonds. The predicted molar refractivity (Wildman–Crippen MR) is 121 cm³/mol. The van der Waals surface area contributed by atoms with Crippen molar-refractivity contribution < 1.29 is 19.8 Å². The van der Waals surface area contributed by atoms with Crippen LogP contribution in [0.15, 0.2) is 51.6 Å². The molecule has 0 fully saturated rings. The molecule has 32 heavy (non-hydrogen) atoms. The standard InChI is InChI=1S/C20H23N7O4S/c1-11(2)14-7-5-12(9-15(14)18(28)22-3)24-19(29)16-10-13(27(30)31)6-8-17(16)32-20(23-4)25-26-21/h5-11H,1-4H3,(H,22,28)(H,24,29)(H2,21,23,25)/p+1. The lowest BCUT2D eigenvalue weighted by molar-refractivity contribution is -0.500. The molecular formula is C20H24N7O4S+. The number of nitro benzene ring substituents is 1. The number of quaternary nitrogens is 1. The number of nitrogens with two attached hydrogens (primary N) is 1. The van der Waals surface area contributed by atoms with Gasteiger partial charge < -0.3 is 10.6 Å². The van der Waals surface area contributed by atoms with Crippen molar-refractivity contribution in [2.45, 2.75) is 24.7 Å². The summed E-state index contributed by atoms with van der Waals surface area (Å²) in [5.41, 5.74) is 8.34. The summed E-state index contributed by atoms with van der Waals surface area (Å²) in [4.78, 5) is 36.4. The van der Waals surface area contributed by atoms with Crippen molar-refractivity contribution in [3.8, 4) is 0 Å². The van der Waals surface area contributed by atoms with E-state index in [1.165, 1.54) is 25.2 Å². The number of carbonyl (C=O) groups excluding carboxylic acids is 2. The van der Waals surface area contributed by atoms with Gasteiger partial charge in [0, 0.05) is 35.3 Å². The van der Waals surface area contributed by atoms with E-state index in [1.54, 1.807) is 30.6 Å². The number of benzene rings is 2. The first-order valence-electron chi connectivity index (χ1n) is 9.59. The van der Waals surface area contributed by atoms with Crippen LogP contribution in [0.5, 0.6) is 0 Å². The van der Waals surface area contributed by atoms with E-state index in [9.17, 15) is 19.7 Å². The highest BCUT2D eigenvalue weighted by molar-refractivity contribution is 8.13. The molecule has 0 atom stereocenters. The van der Waals surface area contributed by atoms with Gasteiger partial charge in [-0.3, -0.25) is 25.0 Å². The second-order valence-electron chi connectivity index (χ2n) is 6.86. The number of nitro groups is 1. The number of amides is 2. The normalized spacial score (nSPS) is 11.2. The molecule has 0 spiro atoms. The third-order valence-electron chi connectivity index (χ3n) is 4.43. The van der Waals surface area contributed by atoms with E-state index in [0.717, 1.165) is 17.3 Å². The average molecular weight is 459 g/mol. The molecule has 12 heteroatoms. The lowest BCUT2D eigenvalue weighted by Crippen LogP contribution is -2.82. The zero-order valence-electron chi connectivity index (χ0n) is 18.0. The van der Waals surface area contributed by atoms with Crippen LogP contribution in [0, 0.1) is 15.6 Å². The fourth-order valence-electron chi connectivity index (χ4n) is 2.86. The number of non-ortho nitro benzene ring substituents is 1. The first-order chi connectivity index (χ1) is 15.2. The van der Waals surface area contributed by atoms with E-state index in [-0.39, 0.29) is 23.1 Å². The Kier molecular flexibility index (Phi) is 8.55. The van der Waals surface area contributed by atoms with Crippen LogP contribution in [0.25, 0.3) is 0 Å². The van der Waals surface area contributed by atoms with Gasteiger partial charge in [-0.05, 0) is 46.7 Å². The van der Waals surface area contributed by atoms with Crippen LogP contribution in [-0.2, 0) is 0 Å². The molecule has 168 valence electrons. The highest BCUT2D eigenvalue weighted by Gasteiger charge is 2.21. The van der Waals surface area contributed by atoms with Gasteiger partial charge in [-0.25, -0.2) is 0 Å². The number of hydrogen-bond donors (Lipinski definition) is 4. The second kappa shape index (κ2) is 11.1. The number of nitrogens with zero attached hydrogens (tertiary/aromatic N) is 3. The van der Waals surface area contributed by atoms with Crippen molar-refractivity contribution in [3.63, 3.8) is 0 Å². The van der Waals surface area contributed by atoms with Crippen LogP contribution in [0.3, 0.4) is 0 Å². The first-order valence-corrected chi connectivity index (χ1v) is 10.4. The maximum absolute atomic E-state index is 13.0. The van der Waals surface area contributed by atoms with Gasteiger partial charge in [0.25, 0.3) is 22.7 Å². The molecule has 2 rings (SSSR count). The van der Waals surface area contributed by atoms with E-state index >= 15 is 0 Å². The lowest BCUT2D eigenvalue weighted by Gasteiger charge is -2.15. The third kappa shape index (κ3) is 5.95. The van der Waals surface area contributed by atoms with Gasteiger partial charge in [0.2, 0.25) is 0 Å². The number of nitrogens with one attached hydrogen (secondary N) is 3. The number of thioether (sulfide) groups is 1. The number of carbonyl (C=O) groups is 2. The summed E-state index contributed by atoms with van der Waals surface area (Å²) in [7, 11) is 3.22. The molecule has 0 saturated carbocycles. The van der Waals surface area contributed by atoms with Gasteiger partial charge in [-0.1, -0.05) is 25.0 Å². The van der Waals surface area contributed by atoms with Gasteiger partial charge in [-0.2, -0.15) is 5.53 Å². The van der Waals surface area contributed by atoms with Crippen molar-refractivity contribution in [2.24, 2.45) is 10.3 Å². The minimum atomic E-state index is -0.591. The fourth-order valence-corrected chi connectivity index (χ4v) is 3.69. The van der Waals surface area contributed by atoms with Crippen molar-refractivity contribution in [3.05, 3.63) is 63.2 Å². The van der Waals surface area contributed by atoms with Gasteiger partial charge >= 0.3 is 0 Å². The molecule has 0 unspecified atom stereocenters. The quantitative estimate of drug-likeness (QED) is 0.125. The number of amidine groups is 1. The van der Waals surface area contributed by atoms with Gasteiger partial charge in [0.15, 0.2) is 0 Å². The minimum absolute atomic E-state index is 0.0539. The first kappa shape index (κ1) is 24.6. The molecule has 0 aliphatic heterocycles. The molecule has 0 aliphatic rings. The van der Waals surface area contributed by atoms with E-state index < -0.39 is 10.8 Å². The summed E-state index contributed by atoms with van der Waals surface area (Å²) in [5, 5.41) is 25.1. The lowest BCUT2D eigenvalue weighted by atomic mass is 9.96. The zero-order valence-corrected chi connectivity index (χ0v) is 18.8. The Bertz CT molecular complexity index is 1090. The molecule has 0 radical (unpaired) electrons. The summed E-state index contributed by atoms with van der Waals surface area (Å²) in [5.74, 6) is -0.776. The van der Waals surface area contributed by atoms with E-state index in [2.05, 4.69) is 21.0 Å². The number of hydrogen-bond acceptors (Lipinski definition) is 7. The van der Waals surface area contributed by atoms with E-state index in [4.69, 9.17) is 5.53 Å². The summed E-state index contributed by atoms with van der Waals surface area (Å²) in [6, 6.07) is 8.91. The Morgan fingerprint density at radius 3 is 2.44 bits per heavy atom. The van der Waals surface area contributed by atoms with Crippen molar-refractivity contribution in [1.29, 1.82) is 5.53 Å². The molecule has 2 aromatic rings. The van der Waals surface area contributed by atoms with Crippen LogP contribution in [0.4, 0.5) is 11.4 Å². The van der Waals surface area contributed by atoms with E-state index in [0.29, 0.717) is 21.3 Å². The highest BCUT2D eigenvalue weighted by Crippen LogP contribution is 2.28. The van der Waals surface area contributed by atoms with Crippen molar-refractivity contribution in [2.75, 3.05) is 19.4 Å². The van der Waals surface area contributed by atoms with Crippen LogP contribution in [0.1, 0.15) is 46.0 Å². The SMILES string of the molecule is CNC(=O)c1cc(NC(=O)c2cc([N+](=O)[O-])ccc2S/C(=N/N=N)[NH2+]C)ccc1C(C)C. The maximum Gasteiger partial charge on any atom is 0.285 e. The Hall–Kier alpha value is -3.64. The Labute approximate surface area is 188 Å². The van der Waals surface area contributed by atoms with E-state index in [1.807, 2.05) is 13.8 Å². The van der Waals surface area contributed by atoms with Crippen LogP contribution in [-0.4, -0.2) is 36.0 Å². The van der Waals surface area contributed by atoms with Crippen LogP contribution < -0.4 is 16.0 Å². The van der Waals surface area contributed by atoms with Crippen LogP contribution >= 0.6 is 11.8 Å². The van der Waals surface area contributed by atoms with Crippen molar-refractivity contribution in [1.82, 2.24) is 5.32 Å². The third-order valence-corrected chi connectivity index (χ3v) is 5.54. The largest absolute Gasteiger partial charge is 0.355 e. The minimum Gasteiger partial charge on any atom is -0.355 e. The van der Waals surface area contributed by atoms with Crippen molar-refractivity contribution >= 4 is 40.1 Å². The second-order valence-corrected chi connectivity index (χ2v) is 7.92. The Balaban J connectivity index is 2.46. The summed E-state index contributed by atoms with van der Waals surface area (Å²) in [6.07, 6.45) is 0. The number of anilines is 1. The summed E-state index contributed by atoms with van der Waals surface area (Å²) in [6.45, 7) is 3.92. The molecule has 0 aromatic heterocycles. The maximum atomic E-state index is 13.0. The molecule has 0 heterocycles. The summed E-state index contributed by atoms with van der Waals surface area (Å²) >= 11 is 1.05. The number of rotatable bonds is 7. The Morgan fingerprint density at radius 1 is 1.16 bits per heavy atom. The smallest absolute Gasteiger partial charge is 0.285 e. The molecule has 0 saturated heterocycles. The summed E-state index contributed by atoms with van der Waals surface area (Å²) < 4.78 is 0. The topological polar surface area (TPSA) is 167 Å². The predicted octanol–water partition coefficient (Wildman–Crippen LogP) is 2.92. The molecule has 5 N–H and O–H groups in total. The molecular weight excluding hydrogens is 434 g/mol. The van der Waals surface area contributed by atoms with Gasteiger partial charge in [0.05, 0.1) is 17.5 Å². The average Bonchev–Trinajstić information content (AvgIpc) is 2.77. The zero-order chi connectivity index (χ0) is 23.8. The van der Waals surface area contributed by atoms with Crippen LogP contribution in [0.2, 0.25) is 0 Å². The van der Waals surface area contributed by atoms with Gasteiger partial charge in [-0.15, -0.1) is 0 Å². The fraction of sp³-hybridized carbons (Fsp3) is 0.250. The highest BCUT2D eigenvalue weighted by atomic mass is 32.2. The molecule has 0 aliphatic carbocycles. The molecule has 11 nitrogen and oxygen atoms in total. The monoisotopic (exact) mass is 458 g/mol. The molecule has 0 bridgehead atoms. The molecule has 2 aromatic carbocycles.